The number of pyridine rings is 1. The largest absolute Gasteiger partial charge is 0.383 e. The molecule has 8 nitrogen and oxygen atoms in total. The average Bonchev–Trinajstić information content (AvgIpc) is 3.02. The minimum Gasteiger partial charge on any atom is -0.383 e. The first-order chi connectivity index (χ1) is 12.7. The Morgan fingerprint density at radius 2 is 2.23 bits per heavy atom. The predicted molar refractivity (Wildman–Crippen MR) is 99.8 cm³/mol. The zero-order valence-electron chi connectivity index (χ0n) is 15.2. The highest BCUT2D eigenvalue weighted by Gasteiger charge is 2.25. The molecule has 26 heavy (non-hydrogen) atoms. The summed E-state index contributed by atoms with van der Waals surface area (Å²) in [5.41, 5.74) is 3.04. The number of aliphatic imine (C=N–C) groups is 2. The van der Waals surface area contributed by atoms with Crippen molar-refractivity contribution in [1.29, 1.82) is 0 Å². The smallest absolute Gasteiger partial charge is 0.255 e. The summed E-state index contributed by atoms with van der Waals surface area (Å²) in [5.74, 6) is -0.113. The van der Waals surface area contributed by atoms with E-state index in [-0.39, 0.29) is 18.1 Å². The summed E-state index contributed by atoms with van der Waals surface area (Å²) in [5, 5.41) is 2.85. The molecule has 138 valence electrons. The van der Waals surface area contributed by atoms with Crippen molar-refractivity contribution in [1.82, 2.24) is 14.9 Å². The van der Waals surface area contributed by atoms with E-state index in [9.17, 15) is 4.79 Å². The number of rotatable bonds is 7. The molecule has 0 spiro atoms. The van der Waals surface area contributed by atoms with Crippen LogP contribution in [0.15, 0.2) is 34.5 Å². The predicted octanol–water partition coefficient (Wildman–Crippen LogP) is 1.50. The van der Waals surface area contributed by atoms with Crippen LogP contribution in [0.5, 0.6) is 0 Å². The summed E-state index contributed by atoms with van der Waals surface area (Å²) >= 11 is 0. The molecule has 8 heteroatoms. The molecule has 3 heterocycles. The SMILES string of the molecule is COCCNC(=O)c1cn(CC2=NC=NC(OC)C2C)c2cccnc12. The Morgan fingerprint density at radius 1 is 1.38 bits per heavy atom. The van der Waals surface area contributed by atoms with Gasteiger partial charge in [0.1, 0.15) is 11.9 Å². The number of nitrogens with zero attached hydrogens (tertiary/aromatic N) is 4. The van der Waals surface area contributed by atoms with E-state index < -0.39 is 0 Å². The number of carbonyl (C=O) groups excluding carboxylic acids is 1. The number of carbonyl (C=O) groups is 1. The van der Waals surface area contributed by atoms with Gasteiger partial charge in [0, 0.05) is 44.8 Å². The van der Waals surface area contributed by atoms with Gasteiger partial charge in [0.25, 0.3) is 5.91 Å². The molecule has 2 aromatic heterocycles. The maximum absolute atomic E-state index is 12.5. The Hall–Kier alpha value is -2.58. The van der Waals surface area contributed by atoms with Crippen molar-refractivity contribution in [3.63, 3.8) is 0 Å². The summed E-state index contributed by atoms with van der Waals surface area (Å²) in [6.07, 6.45) is 4.81. The summed E-state index contributed by atoms with van der Waals surface area (Å²) in [7, 11) is 3.24. The van der Waals surface area contributed by atoms with E-state index in [4.69, 9.17) is 9.47 Å². The number of ether oxygens (including phenoxy) is 2. The summed E-state index contributed by atoms with van der Waals surface area (Å²) in [6, 6.07) is 3.81. The standard InChI is InChI=1S/C18H23N5O3/c1-12-14(21-11-22-18(12)26-3)10-23-9-13(17(24)20-7-8-25-2)16-15(23)5-4-6-19-16/h4-6,9,11-12,18H,7-8,10H2,1-3H3,(H,20,24). The topological polar surface area (TPSA) is 90.1 Å². The number of methoxy groups -OCH3 is 2. The highest BCUT2D eigenvalue weighted by molar-refractivity contribution is 6.06. The normalized spacial score (nSPS) is 19.6. The van der Waals surface area contributed by atoms with Crippen LogP contribution in [-0.2, 0) is 16.0 Å². The van der Waals surface area contributed by atoms with E-state index in [1.165, 1.54) is 6.34 Å². The van der Waals surface area contributed by atoms with Gasteiger partial charge >= 0.3 is 0 Å². The fraction of sp³-hybridized carbons (Fsp3) is 0.444. The second-order valence-corrected chi connectivity index (χ2v) is 6.09. The highest BCUT2D eigenvalue weighted by Crippen LogP contribution is 2.22. The molecular formula is C18H23N5O3. The van der Waals surface area contributed by atoms with Gasteiger partial charge in [0.15, 0.2) is 6.23 Å². The first-order valence-corrected chi connectivity index (χ1v) is 8.47. The summed E-state index contributed by atoms with van der Waals surface area (Å²) < 4.78 is 12.4. The van der Waals surface area contributed by atoms with Crippen molar-refractivity contribution in [2.45, 2.75) is 19.7 Å². The highest BCUT2D eigenvalue weighted by atomic mass is 16.5. The zero-order chi connectivity index (χ0) is 18.5. The molecule has 0 aromatic carbocycles. The third kappa shape index (κ3) is 3.66. The zero-order valence-corrected chi connectivity index (χ0v) is 15.2. The lowest BCUT2D eigenvalue weighted by molar-refractivity contribution is 0.0861. The lowest BCUT2D eigenvalue weighted by atomic mass is 10.0. The van der Waals surface area contributed by atoms with Gasteiger partial charge < -0.3 is 19.4 Å². The van der Waals surface area contributed by atoms with Crippen LogP contribution in [0.4, 0.5) is 0 Å². The number of hydrogen-bond acceptors (Lipinski definition) is 6. The maximum atomic E-state index is 12.5. The van der Waals surface area contributed by atoms with E-state index >= 15 is 0 Å². The Labute approximate surface area is 151 Å². The first-order valence-electron chi connectivity index (χ1n) is 8.47. The van der Waals surface area contributed by atoms with Crippen LogP contribution < -0.4 is 5.32 Å². The van der Waals surface area contributed by atoms with Crippen molar-refractivity contribution in [2.24, 2.45) is 15.9 Å². The molecule has 0 fully saturated rings. The summed E-state index contributed by atoms with van der Waals surface area (Å²) in [6.45, 7) is 3.49. The van der Waals surface area contributed by atoms with Gasteiger partial charge in [-0.25, -0.2) is 9.98 Å². The van der Waals surface area contributed by atoms with E-state index in [0.29, 0.717) is 30.8 Å². The second-order valence-electron chi connectivity index (χ2n) is 6.09. The molecule has 0 saturated heterocycles. The molecule has 0 saturated carbocycles. The van der Waals surface area contributed by atoms with Gasteiger partial charge in [0.2, 0.25) is 0 Å². The van der Waals surface area contributed by atoms with Crippen molar-refractivity contribution in [3.8, 4) is 0 Å². The van der Waals surface area contributed by atoms with Crippen molar-refractivity contribution < 1.29 is 14.3 Å². The molecule has 0 bridgehead atoms. The van der Waals surface area contributed by atoms with Crippen LogP contribution in [0.3, 0.4) is 0 Å². The molecule has 1 aliphatic rings. The molecule has 2 aromatic rings. The van der Waals surface area contributed by atoms with Crippen LogP contribution in [0.2, 0.25) is 0 Å². The average molecular weight is 357 g/mol. The third-order valence-electron chi connectivity index (χ3n) is 4.44. The Morgan fingerprint density at radius 3 is 3.00 bits per heavy atom. The van der Waals surface area contributed by atoms with Gasteiger partial charge in [-0.1, -0.05) is 6.92 Å². The molecule has 0 aliphatic carbocycles. The van der Waals surface area contributed by atoms with E-state index in [2.05, 4.69) is 20.3 Å². The number of nitrogens with one attached hydrogen (secondary N) is 1. The fourth-order valence-electron chi connectivity index (χ4n) is 2.99. The van der Waals surface area contributed by atoms with E-state index in [0.717, 1.165) is 11.2 Å². The third-order valence-corrected chi connectivity index (χ3v) is 4.44. The number of fused-ring (bicyclic) bond motifs is 1. The Bertz CT molecular complexity index is 842. The first kappa shape index (κ1) is 18.2. The maximum Gasteiger partial charge on any atom is 0.255 e. The van der Waals surface area contributed by atoms with Crippen molar-refractivity contribution in [3.05, 3.63) is 30.1 Å². The molecule has 1 aliphatic heterocycles. The minimum atomic E-state index is -0.237. The minimum absolute atomic E-state index is 0.0538. The monoisotopic (exact) mass is 357 g/mol. The van der Waals surface area contributed by atoms with Gasteiger partial charge in [-0.15, -0.1) is 0 Å². The quantitative estimate of drug-likeness (QED) is 0.761. The fourth-order valence-corrected chi connectivity index (χ4v) is 2.99. The van der Waals surface area contributed by atoms with E-state index in [1.54, 1.807) is 20.4 Å². The number of hydrogen-bond donors (Lipinski definition) is 1. The van der Waals surface area contributed by atoms with Crippen LogP contribution in [-0.4, -0.2) is 61.1 Å². The van der Waals surface area contributed by atoms with Crippen LogP contribution in [0, 0.1) is 5.92 Å². The molecular weight excluding hydrogens is 334 g/mol. The Kier molecular flexibility index (Phi) is 5.75. The molecule has 3 rings (SSSR count). The van der Waals surface area contributed by atoms with Crippen molar-refractivity contribution >= 4 is 29.0 Å². The second kappa shape index (κ2) is 8.20. The van der Waals surface area contributed by atoms with Gasteiger partial charge in [-0.05, 0) is 12.1 Å². The van der Waals surface area contributed by atoms with Crippen LogP contribution >= 0.6 is 0 Å². The lowest BCUT2D eigenvalue weighted by Crippen LogP contribution is -2.31. The van der Waals surface area contributed by atoms with E-state index in [1.807, 2.05) is 29.8 Å². The number of amides is 1. The molecule has 1 N–H and O–H groups in total. The van der Waals surface area contributed by atoms with Crippen molar-refractivity contribution in [2.75, 3.05) is 27.4 Å². The molecule has 1 amide bonds. The van der Waals surface area contributed by atoms with Crippen LogP contribution in [0.1, 0.15) is 17.3 Å². The lowest BCUT2D eigenvalue weighted by Gasteiger charge is -2.23. The molecule has 2 atom stereocenters. The van der Waals surface area contributed by atoms with Gasteiger partial charge in [0.05, 0.1) is 24.2 Å². The van der Waals surface area contributed by atoms with Gasteiger partial charge in [-0.3, -0.25) is 9.78 Å². The van der Waals surface area contributed by atoms with Gasteiger partial charge in [-0.2, -0.15) is 0 Å². The number of aromatic nitrogens is 2. The summed E-state index contributed by atoms with van der Waals surface area (Å²) in [4.78, 5) is 25.5. The van der Waals surface area contributed by atoms with Crippen LogP contribution in [0.25, 0.3) is 11.0 Å². The molecule has 2 unspecified atom stereocenters. The molecule has 0 radical (unpaired) electrons. The Balaban J connectivity index is 1.89.